The number of ether oxygens (including phenoxy) is 2. The van der Waals surface area contributed by atoms with Gasteiger partial charge in [0.15, 0.2) is 11.2 Å². The molecule has 0 aliphatic heterocycles. The van der Waals surface area contributed by atoms with Gasteiger partial charge in [-0.3, -0.25) is 9.78 Å². The Labute approximate surface area is 250 Å². The Morgan fingerprint density at radius 2 is 0.762 bits per heavy atom. The summed E-state index contributed by atoms with van der Waals surface area (Å²) in [7, 11) is 0. The fourth-order valence-electron chi connectivity index (χ4n) is 5.19. The average molecular weight is 595 g/mol. The van der Waals surface area contributed by atoms with Crippen molar-refractivity contribution in [1.29, 1.82) is 0 Å². The van der Waals surface area contributed by atoms with Gasteiger partial charge in [-0.2, -0.15) is 9.78 Å². The van der Waals surface area contributed by atoms with Crippen LogP contribution in [-0.4, -0.2) is 47.3 Å². The molecule has 0 unspecified atom stereocenters. The molecule has 10 heteroatoms. The van der Waals surface area contributed by atoms with Crippen molar-refractivity contribution >= 4 is 23.9 Å². The van der Waals surface area contributed by atoms with E-state index in [9.17, 15) is 19.2 Å². The molecular formula is C32H50O10. The summed E-state index contributed by atoms with van der Waals surface area (Å²) in [4.78, 5) is 68.1. The molecule has 0 saturated heterocycles. The summed E-state index contributed by atoms with van der Waals surface area (Å²) < 4.78 is 10.6. The molecule has 238 valence electrons. The molecule has 2 rings (SSSR count). The van der Waals surface area contributed by atoms with Gasteiger partial charge in [0.05, 0.1) is 0 Å². The van der Waals surface area contributed by atoms with Crippen LogP contribution in [0.1, 0.15) is 121 Å². The van der Waals surface area contributed by atoms with Crippen molar-refractivity contribution in [3.8, 4) is 11.8 Å². The molecular weight excluding hydrogens is 544 g/mol. The zero-order chi connectivity index (χ0) is 31.9. The van der Waals surface area contributed by atoms with Crippen LogP contribution in [-0.2, 0) is 48.2 Å². The lowest BCUT2D eigenvalue weighted by Gasteiger charge is -2.36. The molecule has 0 aromatic carbocycles. The third-order valence-electron chi connectivity index (χ3n) is 7.99. The molecule has 0 radical (unpaired) electrons. The van der Waals surface area contributed by atoms with E-state index in [4.69, 9.17) is 19.2 Å². The highest BCUT2D eigenvalue weighted by molar-refractivity contribution is 6.29. The van der Waals surface area contributed by atoms with Gasteiger partial charge in [-0.1, -0.05) is 53.4 Å². The van der Waals surface area contributed by atoms with E-state index in [1.165, 1.54) is 27.7 Å². The van der Waals surface area contributed by atoms with Gasteiger partial charge in [-0.05, 0) is 102 Å². The van der Waals surface area contributed by atoms with Crippen LogP contribution < -0.4 is 0 Å². The molecule has 0 N–H and O–H groups in total. The molecule has 2 aliphatic rings. The van der Waals surface area contributed by atoms with E-state index in [0.717, 1.165) is 25.7 Å². The third-order valence-corrected chi connectivity index (χ3v) is 7.99. The normalized spacial score (nSPS) is 23.6. The molecule has 42 heavy (non-hydrogen) atoms. The first-order valence-electron chi connectivity index (χ1n) is 14.9. The third kappa shape index (κ3) is 11.9. The maximum absolute atomic E-state index is 12.2. The maximum atomic E-state index is 12.2. The average Bonchev–Trinajstić information content (AvgIpc) is 2.89. The number of carbonyl (C=O) groups is 4. The molecule has 2 aliphatic carbocycles. The van der Waals surface area contributed by atoms with E-state index < -0.39 is 35.1 Å². The smallest absolute Gasteiger partial charge is 0.449 e. The van der Waals surface area contributed by atoms with Crippen LogP contribution >= 0.6 is 0 Å². The van der Waals surface area contributed by atoms with Crippen LogP contribution in [0.25, 0.3) is 0 Å². The van der Waals surface area contributed by atoms with Crippen LogP contribution in [0.3, 0.4) is 0 Å². The van der Waals surface area contributed by atoms with Gasteiger partial charge in [0.2, 0.25) is 0 Å². The molecule has 10 nitrogen and oxygen atoms in total. The largest absolute Gasteiger partial charge is 0.454 e. The fraction of sp³-hybridized carbons (Fsp3) is 0.812. The summed E-state index contributed by atoms with van der Waals surface area (Å²) in [6, 6.07) is 0. The molecule has 0 heterocycles. The van der Waals surface area contributed by atoms with E-state index in [2.05, 4.69) is 63.2 Å². The Bertz CT molecular complexity index is 938. The minimum Gasteiger partial charge on any atom is -0.454 e. The Morgan fingerprint density at radius 3 is 1.02 bits per heavy atom. The molecule has 0 atom stereocenters. The van der Waals surface area contributed by atoms with E-state index in [-0.39, 0.29) is 23.0 Å². The summed E-state index contributed by atoms with van der Waals surface area (Å²) in [6.45, 7) is 19.2. The predicted molar refractivity (Wildman–Crippen MR) is 153 cm³/mol. The number of esters is 2. The second kappa shape index (κ2) is 14.2. The monoisotopic (exact) mass is 594 g/mol. The van der Waals surface area contributed by atoms with Gasteiger partial charge in [0.1, 0.15) is 12.2 Å². The Hall–Kier alpha value is -2.64. The van der Waals surface area contributed by atoms with E-state index in [0.29, 0.717) is 37.5 Å². The Balaban J connectivity index is 1.75. The summed E-state index contributed by atoms with van der Waals surface area (Å²) in [5.74, 6) is 1.66. The lowest BCUT2D eigenvalue weighted by molar-refractivity contribution is -0.312. The van der Waals surface area contributed by atoms with Crippen molar-refractivity contribution in [1.82, 2.24) is 0 Å². The Morgan fingerprint density at radius 1 is 0.476 bits per heavy atom. The van der Waals surface area contributed by atoms with Gasteiger partial charge >= 0.3 is 23.9 Å². The van der Waals surface area contributed by atoms with Crippen LogP contribution in [0.5, 0.6) is 0 Å². The van der Waals surface area contributed by atoms with E-state index in [1.807, 2.05) is 0 Å². The predicted octanol–water partition coefficient (Wildman–Crippen LogP) is 5.79. The topological polar surface area (TPSA) is 124 Å². The highest BCUT2D eigenvalue weighted by atomic mass is 17.2. The highest BCUT2D eigenvalue weighted by Crippen LogP contribution is 2.39. The first-order chi connectivity index (χ1) is 19.2. The van der Waals surface area contributed by atoms with Gasteiger partial charge in [-0.25, -0.2) is 19.2 Å². The van der Waals surface area contributed by atoms with Crippen LogP contribution in [0.15, 0.2) is 0 Å². The molecule has 2 saturated carbocycles. The summed E-state index contributed by atoms with van der Waals surface area (Å²) in [5, 5.41) is 0. The number of hydrogen-bond donors (Lipinski definition) is 0. The lowest BCUT2D eigenvalue weighted by atomic mass is 9.72. The van der Waals surface area contributed by atoms with Crippen LogP contribution in [0, 0.1) is 34.5 Å². The Kier molecular flexibility index (Phi) is 12.0. The molecule has 2 fully saturated rings. The fourth-order valence-corrected chi connectivity index (χ4v) is 5.19. The van der Waals surface area contributed by atoms with Gasteiger partial charge < -0.3 is 9.47 Å². The van der Waals surface area contributed by atoms with Gasteiger partial charge in [0.25, 0.3) is 0 Å². The maximum Gasteiger partial charge on any atom is 0.449 e. The van der Waals surface area contributed by atoms with Crippen molar-refractivity contribution < 1.29 is 48.2 Å². The summed E-state index contributed by atoms with van der Waals surface area (Å²) in [5.41, 5.74) is -2.33. The minimum absolute atomic E-state index is 0.187. The van der Waals surface area contributed by atoms with E-state index in [1.54, 1.807) is 0 Å². The van der Waals surface area contributed by atoms with Crippen molar-refractivity contribution in [2.45, 2.75) is 144 Å². The second-order valence-electron chi connectivity index (χ2n) is 14.7. The minimum atomic E-state index is -1.35. The quantitative estimate of drug-likeness (QED) is 0.123. The zero-order valence-corrected chi connectivity index (χ0v) is 27.0. The van der Waals surface area contributed by atoms with Gasteiger partial charge in [0, 0.05) is 0 Å². The van der Waals surface area contributed by atoms with Crippen molar-refractivity contribution in [2.75, 3.05) is 0 Å². The molecule has 0 amide bonds. The van der Waals surface area contributed by atoms with Crippen molar-refractivity contribution in [3.63, 3.8) is 0 Å². The van der Waals surface area contributed by atoms with Crippen LogP contribution in [0.2, 0.25) is 0 Å². The summed E-state index contributed by atoms with van der Waals surface area (Å²) in [6.07, 6.45) is 5.76. The number of rotatable bonds is 6. The highest BCUT2D eigenvalue weighted by Gasteiger charge is 2.35. The second-order valence-corrected chi connectivity index (χ2v) is 14.7. The number of carbonyl (C=O) groups excluding carboxylic acids is 4. The van der Waals surface area contributed by atoms with Crippen molar-refractivity contribution in [3.05, 3.63) is 0 Å². The summed E-state index contributed by atoms with van der Waals surface area (Å²) >= 11 is 0. The molecule has 0 spiro atoms. The first-order valence-corrected chi connectivity index (χ1v) is 14.9. The molecule has 0 bridgehead atoms. The molecule has 0 aromatic heterocycles. The van der Waals surface area contributed by atoms with Crippen molar-refractivity contribution in [2.24, 2.45) is 22.7 Å². The van der Waals surface area contributed by atoms with E-state index >= 15 is 0 Å². The lowest BCUT2D eigenvalue weighted by Crippen LogP contribution is -2.34. The SMILES string of the molecule is CC(C)(C#CC(C)(C)OOC(=O)C(=O)OC1CCC(C(C)(C)C)CC1)OOC(=O)C(=O)OC1CCC(C(C)(C)C)CC1. The zero-order valence-electron chi connectivity index (χ0n) is 27.0. The van der Waals surface area contributed by atoms with Gasteiger partial charge in [-0.15, -0.1) is 0 Å². The standard InChI is InChI=1S/C32H50O10/c1-29(2,3)21-11-15-23(16-12-21)37-25(33)27(35)39-41-31(7,8)19-20-32(9,10)42-40-28(36)26(34)38-24-17-13-22(14-18-24)30(4,5)6/h21-24H,11-18H2,1-10H3. The molecule has 0 aromatic rings. The first kappa shape index (κ1) is 35.6. The number of hydrogen-bond acceptors (Lipinski definition) is 10. The van der Waals surface area contributed by atoms with Crippen LogP contribution in [0.4, 0.5) is 0 Å².